The van der Waals surface area contributed by atoms with E-state index >= 15 is 0 Å². The smallest absolute Gasteiger partial charge is 0.165 e. The maximum Gasteiger partial charge on any atom is 0.165 e. The number of fused-ring (bicyclic) bond motifs is 2. The summed E-state index contributed by atoms with van der Waals surface area (Å²) in [5.74, 6) is 3.50. The van der Waals surface area contributed by atoms with Crippen LogP contribution in [0, 0.1) is 23.7 Å². The minimum atomic E-state index is 0.135. The van der Waals surface area contributed by atoms with Crippen LogP contribution >= 0.6 is 11.6 Å². The van der Waals surface area contributed by atoms with Gasteiger partial charge in [0.05, 0.1) is 16.2 Å². The van der Waals surface area contributed by atoms with E-state index in [1.165, 1.54) is 32.5 Å². The molecular weight excluding hydrogens is 346 g/mol. The van der Waals surface area contributed by atoms with E-state index in [9.17, 15) is 4.79 Å². The molecule has 1 aliphatic heterocycles. The van der Waals surface area contributed by atoms with Gasteiger partial charge in [-0.1, -0.05) is 11.6 Å². The number of nitrogen functional groups attached to an aromatic ring is 1. The Kier molecular flexibility index (Phi) is 3.94. The third-order valence-corrected chi connectivity index (χ3v) is 6.86. The van der Waals surface area contributed by atoms with Gasteiger partial charge in [0, 0.05) is 43.2 Å². The quantitative estimate of drug-likeness (QED) is 0.617. The normalized spacial score (nSPS) is 27.7. The van der Waals surface area contributed by atoms with Crippen molar-refractivity contribution in [2.24, 2.45) is 23.7 Å². The Balaban J connectivity index is 1.23. The van der Waals surface area contributed by atoms with Crippen LogP contribution in [0.3, 0.4) is 0 Å². The van der Waals surface area contributed by atoms with Crippen molar-refractivity contribution in [2.45, 2.75) is 25.7 Å². The van der Waals surface area contributed by atoms with Gasteiger partial charge in [-0.2, -0.15) is 0 Å². The highest BCUT2D eigenvalue weighted by Crippen LogP contribution is 2.54. The number of carbonyl (C=O) groups is 1. The molecule has 3 fully saturated rings. The van der Waals surface area contributed by atoms with Gasteiger partial charge in [0.15, 0.2) is 5.78 Å². The van der Waals surface area contributed by atoms with Gasteiger partial charge in [0.25, 0.3) is 0 Å². The molecule has 26 heavy (non-hydrogen) atoms. The number of likely N-dealkylation sites (tertiary alicyclic amines) is 1. The number of piperidine rings is 1. The second kappa shape index (κ2) is 6.21. The van der Waals surface area contributed by atoms with E-state index in [2.05, 4.69) is 9.88 Å². The first-order valence-corrected chi connectivity index (χ1v) is 10.1. The molecular formula is C21H24ClN3O. The first-order valence-electron chi connectivity index (χ1n) is 9.70. The summed E-state index contributed by atoms with van der Waals surface area (Å²) in [5, 5.41) is 1.20. The van der Waals surface area contributed by atoms with Gasteiger partial charge in [-0.05, 0) is 61.1 Å². The molecule has 1 aromatic carbocycles. The Hall–Kier alpha value is -1.65. The Labute approximate surface area is 158 Å². The molecule has 136 valence electrons. The van der Waals surface area contributed by atoms with Gasteiger partial charge in [-0.25, -0.2) is 0 Å². The monoisotopic (exact) mass is 369 g/mol. The van der Waals surface area contributed by atoms with Crippen LogP contribution in [0.5, 0.6) is 0 Å². The van der Waals surface area contributed by atoms with Gasteiger partial charge in [0.2, 0.25) is 0 Å². The van der Waals surface area contributed by atoms with E-state index in [0.717, 1.165) is 35.5 Å². The molecule has 1 saturated heterocycles. The lowest BCUT2D eigenvalue weighted by Gasteiger charge is -2.18. The van der Waals surface area contributed by atoms with Gasteiger partial charge < -0.3 is 10.6 Å². The number of nitrogens with zero attached hydrogens (tertiary/aromatic N) is 2. The third-order valence-electron chi connectivity index (χ3n) is 6.55. The maximum atomic E-state index is 12.8. The number of anilines is 1. The van der Waals surface area contributed by atoms with Crippen LogP contribution in [0.1, 0.15) is 36.0 Å². The highest BCUT2D eigenvalue weighted by Gasteiger charge is 2.55. The Morgan fingerprint density at radius 1 is 1.31 bits per heavy atom. The zero-order chi connectivity index (χ0) is 17.8. The molecule has 2 unspecified atom stereocenters. The molecule has 2 N–H and O–H groups in total. The summed E-state index contributed by atoms with van der Waals surface area (Å²) in [6.07, 6.45) is 6.12. The lowest BCUT2D eigenvalue weighted by molar-refractivity contribution is 0.0977. The molecule has 0 amide bonds. The molecule has 2 aromatic rings. The number of aromatic nitrogens is 1. The lowest BCUT2D eigenvalue weighted by atomic mass is 9.99. The van der Waals surface area contributed by atoms with Crippen LogP contribution in [-0.2, 0) is 0 Å². The first kappa shape index (κ1) is 16.5. The molecule has 0 spiro atoms. The summed E-state index contributed by atoms with van der Waals surface area (Å²) in [4.78, 5) is 19.9. The molecule has 2 saturated carbocycles. The zero-order valence-electron chi connectivity index (χ0n) is 14.8. The van der Waals surface area contributed by atoms with Crippen LogP contribution in [0.4, 0.5) is 5.69 Å². The summed E-state index contributed by atoms with van der Waals surface area (Å²) in [5.41, 5.74) is 7.83. The Morgan fingerprint density at radius 3 is 2.81 bits per heavy atom. The zero-order valence-corrected chi connectivity index (χ0v) is 15.6. The third kappa shape index (κ3) is 2.89. The van der Waals surface area contributed by atoms with Crippen molar-refractivity contribution in [3.8, 4) is 0 Å². The van der Waals surface area contributed by atoms with E-state index in [0.29, 0.717) is 28.2 Å². The number of Topliss-reactive ketones (excluding diaryl/α,β-unsaturated/α-hetero) is 1. The summed E-state index contributed by atoms with van der Waals surface area (Å²) < 4.78 is 0. The Morgan fingerprint density at radius 2 is 2.08 bits per heavy atom. The van der Waals surface area contributed by atoms with E-state index in [1.807, 2.05) is 12.1 Å². The fourth-order valence-corrected chi connectivity index (χ4v) is 5.07. The molecule has 3 aliphatic rings. The maximum absolute atomic E-state index is 12.8. The highest BCUT2D eigenvalue weighted by molar-refractivity contribution is 6.35. The number of hydrogen-bond donors (Lipinski definition) is 1. The van der Waals surface area contributed by atoms with Crippen molar-refractivity contribution in [3.63, 3.8) is 0 Å². The number of nitrogens with two attached hydrogens (primary N) is 1. The van der Waals surface area contributed by atoms with Crippen molar-refractivity contribution in [1.82, 2.24) is 9.88 Å². The molecule has 4 nitrogen and oxygen atoms in total. The van der Waals surface area contributed by atoms with Crippen LogP contribution in [-0.4, -0.2) is 35.3 Å². The van der Waals surface area contributed by atoms with E-state index < -0.39 is 0 Å². The number of carbonyl (C=O) groups excluding carboxylic acids is 1. The minimum Gasteiger partial charge on any atom is -0.397 e. The SMILES string of the molecule is Nc1c(Cl)cc(C(=O)CCC2C3CN(CC4CC4)CC23)c2ncccc12. The largest absolute Gasteiger partial charge is 0.397 e. The van der Waals surface area contributed by atoms with E-state index in [1.54, 1.807) is 12.3 Å². The van der Waals surface area contributed by atoms with Crippen molar-refractivity contribution in [1.29, 1.82) is 0 Å². The van der Waals surface area contributed by atoms with Crippen LogP contribution < -0.4 is 5.73 Å². The summed E-state index contributed by atoms with van der Waals surface area (Å²) in [7, 11) is 0. The van der Waals surface area contributed by atoms with Crippen LogP contribution in [0.25, 0.3) is 10.9 Å². The van der Waals surface area contributed by atoms with E-state index in [4.69, 9.17) is 17.3 Å². The molecule has 0 radical (unpaired) electrons. The predicted molar refractivity (Wildman–Crippen MR) is 104 cm³/mol. The lowest BCUT2D eigenvalue weighted by Crippen LogP contribution is -2.26. The van der Waals surface area contributed by atoms with Crippen LogP contribution in [0.2, 0.25) is 5.02 Å². The molecule has 2 aliphatic carbocycles. The summed E-state index contributed by atoms with van der Waals surface area (Å²) in [6.45, 7) is 3.80. The second-order valence-corrected chi connectivity index (χ2v) is 8.74. The second-order valence-electron chi connectivity index (χ2n) is 8.33. The van der Waals surface area contributed by atoms with Crippen LogP contribution in [0.15, 0.2) is 24.4 Å². The number of halogens is 1. The number of hydrogen-bond acceptors (Lipinski definition) is 4. The molecule has 5 heteroatoms. The van der Waals surface area contributed by atoms with Crippen molar-refractivity contribution in [3.05, 3.63) is 35.0 Å². The van der Waals surface area contributed by atoms with E-state index in [-0.39, 0.29) is 5.78 Å². The van der Waals surface area contributed by atoms with Gasteiger partial charge >= 0.3 is 0 Å². The average molecular weight is 370 g/mol. The number of pyridine rings is 1. The standard InChI is InChI=1S/C21H24ClN3O/c22-18-8-15(21-14(20(18)23)2-1-7-24-21)19(26)6-5-13-16-10-25(11-17(13)16)9-12-3-4-12/h1-2,7-8,12-13,16-17H,3-6,9-11,23H2. The van der Waals surface area contributed by atoms with Gasteiger partial charge in [-0.15, -0.1) is 0 Å². The Bertz CT molecular complexity index is 867. The first-order chi connectivity index (χ1) is 12.6. The van der Waals surface area contributed by atoms with Gasteiger partial charge in [0.1, 0.15) is 0 Å². The summed E-state index contributed by atoms with van der Waals surface area (Å²) >= 11 is 6.24. The number of ketones is 1. The number of benzene rings is 1. The predicted octanol–water partition coefficient (Wildman–Crippen LogP) is 4.02. The molecule has 2 atom stereocenters. The topological polar surface area (TPSA) is 59.2 Å². The van der Waals surface area contributed by atoms with Gasteiger partial charge in [-0.3, -0.25) is 9.78 Å². The molecule has 2 heterocycles. The van der Waals surface area contributed by atoms with Crippen molar-refractivity contribution in [2.75, 3.05) is 25.4 Å². The molecule has 5 rings (SSSR count). The van der Waals surface area contributed by atoms with Crippen molar-refractivity contribution >= 4 is 34.0 Å². The fourth-order valence-electron chi connectivity index (χ4n) is 4.86. The minimum absolute atomic E-state index is 0.135. The van der Waals surface area contributed by atoms with Crippen molar-refractivity contribution < 1.29 is 4.79 Å². The summed E-state index contributed by atoms with van der Waals surface area (Å²) in [6, 6.07) is 5.39. The fraction of sp³-hybridized carbons (Fsp3) is 0.524. The average Bonchev–Trinajstić information content (AvgIpc) is 3.54. The molecule has 1 aromatic heterocycles. The molecule has 0 bridgehead atoms. The number of rotatable bonds is 6. The highest BCUT2D eigenvalue weighted by atomic mass is 35.5.